The molecule has 0 aliphatic carbocycles. The van der Waals surface area contributed by atoms with Crippen molar-refractivity contribution in [2.45, 2.75) is 23.6 Å². The van der Waals surface area contributed by atoms with Gasteiger partial charge in [-0.1, -0.05) is 23.4 Å². The molecule has 0 amide bonds. The highest BCUT2D eigenvalue weighted by atomic mass is 32.2. The van der Waals surface area contributed by atoms with Gasteiger partial charge < -0.3 is 10.3 Å². The molecular formula is C14H14N4OS2. The van der Waals surface area contributed by atoms with E-state index in [0.29, 0.717) is 23.2 Å². The number of thioether (sulfide) groups is 1. The van der Waals surface area contributed by atoms with Crippen LogP contribution in [0.25, 0.3) is 11.6 Å². The Balaban J connectivity index is 1.68. The number of hydrogen-bond acceptors (Lipinski definition) is 7. The van der Waals surface area contributed by atoms with Gasteiger partial charge in [0.2, 0.25) is 0 Å². The lowest BCUT2D eigenvalue weighted by molar-refractivity contribution is 0.424. The zero-order chi connectivity index (χ0) is 14.7. The van der Waals surface area contributed by atoms with Crippen molar-refractivity contribution in [3.8, 4) is 11.6 Å². The second kappa shape index (κ2) is 6.38. The van der Waals surface area contributed by atoms with Crippen molar-refractivity contribution in [2.75, 3.05) is 0 Å². The summed E-state index contributed by atoms with van der Waals surface area (Å²) in [5.74, 6) is 1.77. The van der Waals surface area contributed by atoms with E-state index in [-0.39, 0.29) is 6.04 Å². The van der Waals surface area contributed by atoms with E-state index in [2.05, 4.69) is 27.3 Å². The second-order valence-electron chi connectivity index (χ2n) is 4.48. The first-order valence-corrected chi connectivity index (χ1v) is 8.30. The number of thiazole rings is 1. The van der Waals surface area contributed by atoms with Crippen LogP contribution in [0.4, 0.5) is 0 Å². The van der Waals surface area contributed by atoms with E-state index < -0.39 is 0 Å². The molecule has 3 rings (SSSR count). The van der Waals surface area contributed by atoms with E-state index in [1.807, 2.05) is 30.5 Å². The zero-order valence-corrected chi connectivity index (χ0v) is 13.0. The molecular weight excluding hydrogens is 304 g/mol. The minimum atomic E-state index is -0.0835. The summed E-state index contributed by atoms with van der Waals surface area (Å²) < 4.78 is 5.26. The fourth-order valence-electron chi connectivity index (χ4n) is 1.68. The number of benzene rings is 1. The van der Waals surface area contributed by atoms with E-state index in [1.165, 1.54) is 16.2 Å². The van der Waals surface area contributed by atoms with E-state index in [0.717, 1.165) is 5.01 Å². The van der Waals surface area contributed by atoms with Crippen molar-refractivity contribution >= 4 is 23.1 Å². The van der Waals surface area contributed by atoms with Crippen LogP contribution in [0.2, 0.25) is 0 Å². The lowest BCUT2D eigenvalue weighted by Crippen LogP contribution is -2.03. The van der Waals surface area contributed by atoms with Gasteiger partial charge in [-0.15, -0.1) is 23.1 Å². The smallest absolute Gasteiger partial charge is 0.277 e. The molecule has 7 heteroatoms. The maximum atomic E-state index is 5.80. The third kappa shape index (κ3) is 3.49. The number of aromatic nitrogens is 3. The fraction of sp³-hybridized carbons (Fsp3) is 0.214. The van der Waals surface area contributed by atoms with Crippen LogP contribution < -0.4 is 5.73 Å². The molecule has 0 saturated carbocycles. The second-order valence-corrected chi connectivity index (χ2v) is 6.42. The van der Waals surface area contributed by atoms with Crippen LogP contribution in [-0.4, -0.2) is 15.1 Å². The SMILES string of the molecule is CC(N)c1nc(-c2nc(CSc3ccccc3)no2)cs1. The predicted molar refractivity (Wildman–Crippen MR) is 84.0 cm³/mol. The third-order valence-electron chi connectivity index (χ3n) is 2.71. The third-order valence-corrected chi connectivity index (χ3v) is 4.76. The molecule has 0 fully saturated rings. The first-order chi connectivity index (χ1) is 10.2. The molecule has 0 saturated heterocycles. The molecule has 108 valence electrons. The molecule has 0 radical (unpaired) electrons. The zero-order valence-electron chi connectivity index (χ0n) is 11.4. The van der Waals surface area contributed by atoms with E-state index in [9.17, 15) is 0 Å². The molecule has 1 atom stereocenters. The monoisotopic (exact) mass is 318 g/mol. The summed E-state index contributed by atoms with van der Waals surface area (Å²) in [5.41, 5.74) is 6.49. The topological polar surface area (TPSA) is 77.8 Å². The number of rotatable bonds is 5. The van der Waals surface area contributed by atoms with Crippen molar-refractivity contribution in [3.05, 3.63) is 46.5 Å². The van der Waals surface area contributed by atoms with Crippen LogP contribution in [0, 0.1) is 0 Å². The summed E-state index contributed by atoms with van der Waals surface area (Å²) in [6.45, 7) is 1.90. The molecule has 0 aliphatic heterocycles. The summed E-state index contributed by atoms with van der Waals surface area (Å²) in [5, 5.41) is 6.74. The summed E-state index contributed by atoms with van der Waals surface area (Å²) in [4.78, 5) is 9.95. The largest absolute Gasteiger partial charge is 0.332 e. The Morgan fingerprint density at radius 3 is 2.81 bits per heavy atom. The van der Waals surface area contributed by atoms with Gasteiger partial charge in [-0.3, -0.25) is 0 Å². The Morgan fingerprint density at radius 2 is 2.10 bits per heavy atom. The molecule has 3 aromatic rings. The minimum Gasteiger partial charge on any atom is -0.332 e. The van der Waals surface area contributed by atoms with Crippen LogP contribution in [-0.2, 0) is 5.75 Å². The van der Waals surface area contributed by atoms with Gasteiger partial charge in [0.1, 0.15) is 10.7 Å². The van der Waals surface area contributed by atoms with E-state index >= 15 is 0 Å². The standard InChI is InChI=1S/C14H14N4OS2/c1-9(15)14-16-11(7-21-14)13-17-12(18-19-13)8-20-10-5-3-2-4-6-10/h2-7,9H,8,15H2,1H3. The van der Waals surface area contributed by atoms with Crippen LogP contribution in [0.15, 0.2) is 45.1 Å². The number of nitrogens with zero attached hydrogens (tertiary/aromatic N) is 3. The maximum absolute atomic E-state index is 5.80. The van der Waals surface area contributed by atoms with Crippen LogP contribution in [0.5, 0.6) is 0 Å². The van der Waals surface area contributed by atoms with E-state index in [1.54, 1.807) is 11.8 Å². The summed E-state index contributed by atoms with van der Waals surface area (Å²) in [6.07, 6.45) is 0. The average molecular weight is 318 g/mol. The molecule has 1 unspecified atom stereocenters. The minimum absolute atomic E-state index is 0.0835. The van der Waals surface area contributed by atoms with Crippen molar-refractivity contribution in [1.82, 2.24) is 15.1 Å². The van der Waals surface area contributed by atoms with Gasteiger partial charge in [0.15, 0.2) is 5.82 Å². The first kappa shape index (κ1) is 14.2. The Kier molecular flexibility index (Phi) is 4.33. The van der Waals surface area contributed by atoms with Crippen molar-refractivity contribution < 1.29 is 4.52 Å². The van der Waals surface area contributed by atoms with Crippen molar-refractivity contribution in [1.29, 1.82) is 0 Å². The fourth-order valence-corrected chi connectivity index (χ4v) is 3.19. The van der Waals surface area contributed by atoms with Crippen molar-refractivity contribution in [2.24, 2.45) is 5.73 Å². The van der Waals surface area contributed by atoms with Gasteiger partial charge >= 0.3 is 0 Å². The molecule has 2 N–H and O–H groups in total. The quantitative estimate of drug-likeness (QED) is 0.725. The van der Waals surface area contributed by atoms with Crippen molar-refractivity contribution in [3.63, 3.8) is 0 Å². The van der Waals surface area contributed by atoms with Gasteiger partial charge in [-0.2, -0.15) is 4.98 Å². The Hall–Kier alpha value is -1.70. The summed E-state index contributed by atoms with van der Waals surface area (Å²) >= 11 is 3.17. The lowest BCUT2D eigenvalue weighted by atomic mass is 10.4. The molecule has 2 aromatic heterocycles. The highest BCUT2D eigenvalue weighted by molar-refractivity contribution is 7.98. The highest BCUT2D eigenvalue weighted by Gasteiger charge is 2.14. The van der Waals surface area contributed by atoms with E-state index in [4.69, 9.17) is 10.3 Å². The van der Waals surface area contributed by atoms with Crippen LogP contribution in [0.1, 0.15) is 23.8 Å². The molecule has 0 spiro atoms. The molecule has 0 aliphatic rings. The normalized spacial score (nSPS) is 12.5. The predicted octanol–water partition coefficient (Wildman–Crippen LogP) is 3.51. The lowest BCUT2D eigenvalue weighted by Gasteiger charge is -1.96. The molecule has 2 heterocycles. The summed E-state index contributed by atoms with van der Waals surface area (Å²) in [6, 6.07) is 10.0. The molecule has 0 bridgehead atoms. The summed E-state index contributed by atoms with van der Waals surface area (Å²) in [7, 11) is 0. The van der Waals surface area contributed by atoms with Gasteiger partial charge in [0.25, 0.3) is 5.89 Å². The molecule has 21 heavy (non-hydrogen) atoms. The molecule has 1 aromatic carbocycles. The first-order valence-electron chi connectivity index (χ1n) is 6.44. The van der Waals surface area contributed by atoms with Crippen LogP contribution >= 0.6 is 23.1 Å². The van der Waals surface area contributed by atoms with Gasteiger partial charge in [0.05, 0.1) is 11.8 Å². The number of hydrogen-bond donors (Lipinski definition) is 1. The van der Waals surface area contributed by atoms with Gasteiger partial charge in [0, 0.05) is 10.3 Å². The Morgan fingerprint density at radius 1 is 1.29 bits per heavy atom. The molecule has 5 nitrogen and oxygen atoms in total. The maximum Gasteiger partial charge on any atom is 0.277 e. The Labute approximate surface area is 130 Å². The number of nitrogens with two attached hydrogens (primary N) is 1. The van der Waals surface area contributed by atoms with Gasteiger partial charge in [-0.05, 0) is 19.1 Å². The average Bonchev–Trinajstić information content (AvgIpc) is 3.15. The highest BCUT2D eigenvalue weighted by Crippen LogP contribution is 2.25. The van der Waals surface area contributed by atoms with Gasteiger partial charge in [-0.25, -0.2) is 4.98 Å². The Bertz CT molecular complexity index is 709. The van der Waals surface area contributed by atoms with Crippen LogP contribution in [0.3, 0.4) is 0 Å².